The van der Waals surface area contributed by atoms with Gasteiger partial charge in [0.1, 0.15) is 6.10 Å². The Balaban J connectivity index is 1.63. The summed E-state index contributed by atoms with van der Waals surface area (Å²) < 4.78 is 10.4. The lowest BCUT2D eigenvalue weighted by Crippen LogP contribution is -2.50. The number of benzene rings is 1. The summed E-state index contributed by atoms with van der Waals surface area (Å²) >= 11 is 0. The van der Waals surface area contributed by atoms with Crippen LogP contribution in [0.15, 0.2) is 24.3 Å². The van der Waals surface area contributed by atoms with Crippen LogP contribution in [-0.2, 0) is 14.3 Å². The van der Waals surface area contributed by atoms with Gasteiger partial charge in [-0.15, -0.1) is 0 Å². The van der Waals surface area contributed by atoms with Crippen LogP contribution in [0.5, 0.6) is 0 Å². The number of rotatable bonds is 4. The van der Waals surface area contributed by atoms with Crippen molar-refractivity contribution in [1.29, 1.82) is 0 Å². The number of para-hydroxylation sites is 1. The second-order valence-corrected chi connectivity index (χ2v) is 6.51. The van der Waals surface area contributed by atoms with E-state index in [-0.39, 0.29) is 17.9 Å². The maximum Gasteiger partial charge on any atom is 0.409 e. The van der Waals surface area contributed by atoms with Gasteiger partial charge in [0.25, 0.3) is 11.8 Å². The van der Waals surface area contributed by atoms with E-state index in [1.165, 1.54) is 0 Å². The third kappa shape index (κ3) is 4.57. The van der Waals surface area contributed by atoms with E-state index in [1.54, 1.807) is 41.0 Å². The standard InChI is InChI=1S/C19H25N3O5/c1-2-26-19(25)22-11-9-21(10-12-22)18(24)14-6-3-4-7-15(14)20-17(23)16-8-5-13-27-16/h3-4,6-7,16H,2,5,8-13H2,1H3,(H,20,23)/t16-/m1/s1. The number of piperazine rings is 1. The van der Waals surface area contributed by atoms with Gasteiger partial charge in [0.05, 0.1) is 17.9 Å². The average Bonchev–Trinajstić information content (AvgIpc) is 3.23. The zero-order valence-electron chi connectivity index (χ0n) is 15.5. The normalized spacial score (nSPS) is 19.7. The van der Waals surface area contributed by atoms with Gasteiger partial charge in [0.15, 0.2) is 0 Å². The Morgan fingerprint density at radius 3 is 2.52 bits per heavy atom. The number of carbonyl (C=O) groups excluding carboxylic acids is 3. The van der Waals surface area contributed by atoms with E-state index in [2.05, 4.69) is 5.32 Å². The maximum absolute atomic E-state index is 12.9. The highest BCUT2D eigenvalue weighted by atomic mass is 16.6. The molecule has 0 aliphatic carbocycles. The molecule has 3 amide bonds. The van der Waals surface area contributed by atoms with Crippen LogP contribution in [0, 0.1) is 0 Å². The molecule has 1 atom stereocenters. The Labute approximate surface area is 158 Å². The van der Waals surface area contributed by atoms with Crippen molar-refractivity contribution in [3.8, 4) is 0 Å². The van der Waals surface area contributed by atoms with Crippen LogP contribution in [-0.4, -0.2) is 73.2 Å². The molecule has 2 aliphatic rings. The van der Waals surface area contributed by atoms with Gasteiger partial charge in [-0.25, -0.2) is 4.79 Å². The summed E-state index contributed by atoms with van der Waals surface area (Å²) in [4.78, 5) is 40.3. The average molecular weight is 375 g/mol. The Morgan fingerprint density at radius 1 is 1.15 bits per heavy atom. The molecule has 0 unspecified atom stereocenters. The highest BCUT2D eigenvalue weighted by Gasteiger charge is 2.28. The van der Waals surface area contributed by atoms with Crippen LogP contribution in [0.4, 0.5) is 10.5 Å². The fraction of sp³-hybridized carbons (Fsp3) is 0.526. The van der Waals surface area contributed by atoms with Gasteiger partial charge in [-0.05, 0) is 31.9 Å². The molecule has 146 valence electrons. The number of anilines is 1. The van der Waals surface area contributed by atoms with Crippen molar-refractivity contribution < 1.29 is 23.9 Å². The maximum atomic E-state index is 12.9. The molecular weight excluding hydrogens is 350 g/mol. The summed E-state index contributed by atoms with van der Waals surface area (Å²) in [5.41, 5.74) is 0.921. The molecular formula is C19H25N3O5. The second kappa shape index (κ2) is 8.85. The zero-order chi connectivity index (χ0) is 19.2. The van der Waals surface area contributed by atoms with E-state index >= 15 is 0 Å². The quantitative estimate of drug-likeness (QED) is 0.866. The summed E-state index contributed by atoms with van der Waals surface area (Å²) in [5.74, 6) is -0.387. The van der Waals surface area contributed by atoms with Crippen molar-refractivity contribution >= 4 is 23.6 Å². The number of ether oxygens (including phenoxy) is 2. The van der Waals surface area contributed by atoms with Gasteiger partial charge in [0.2, 0.25) is 0 Å². The Bertz CT molecular complexity index is 694. The number of nitrogens with zero attached hydrogens (tertiary/aromatic N) is 2. The lowest BCUT2D eigenvalue weighted by atomic mass is 10.1. The van der Waals surface area contributed by atoms with E-state index in [0.717, 1.165) is 6.42 Å². The predicted molar refractivity (Wildman–Crippen MR) is 98.5 cm³/mol. The topological polar surface area (TPSA) is 88.2 Å². The minimum atomic E-state index is -0.457. The van der Waals surface area contributed by atoms with Crippen LogP contribution in [0.25, 0.3) is 0 Å². The molecule has 1 aromatic rings. The Kier molecular flexibility index (Phi) is 6.28. The molecule has 0 radical (unpaired) electrons. The first-order valence-corrected chi connectivity index (χ1v) is 9.32. The molecule has 0 saturated carbocycles. The number of carbonyl (C=O) groups is 3. The predicted octanol–water partition coefficient (Wildman–Crippen LogP) is 1.72. The summed E-state index contributed by atoms with van der Waals surface area (Å²) in [6.07, 6.45) is 0.747. The van der Waals surface area contributed by atoms with Crippen molar-refractivity contribution in [3.63, 3.8) is 0 Å². The number of hydrogen-bond acceptors (Lipinski definition) is 5. The zero-order valence-corrected chi connectivity index (χ0v) is 15.5. The molecule has 2 heterocycles. The van der Waals surface area contributed by atoms with E-state index in [1.807, 2.05) is 0 Å². The first-order chi connectivity index (χ1) is 13.1. The number of amides is 3. The molecule has 2 fully saturated rings. The van der Waals surface area contributed by atoms with E-state index in [0.29, 0.717) is 57.1 Å². The molecule has 1 aromatic carbocycles. The van der Waals surface area contributed by atoms with Crippen molar-refractivity contribution in [2.75, 3.05) is 44.7 Å². The summed E-state index contributed by atoms with van der Waals surface area (Å²) in [7, 11) is 0. The van der Waals surface area contributed by atoms with E-state index in [4.69, 9.17) is 9.47 Å². The third-order valence-corrected chi connectivity index (χ3v) is 4.73. The molecule has 2 aliphatic heterocycles. The summed E-state index contributed by atoms with van der Waals surface area (Å²) in [5, 5.41) is 2.82. The molecule has 0 bridgehead atoms. The van der Waals surface area contributed by atoms with Gasteiger partial charge < -0.3 is 24.6 Å². The SMILES string of the molecule is CCOC(=O)N1CCN(C(=O)c2ccccc2NC(=O)[C@H]2CCCO2)CC1. The fourth-order valence-corrected chi connectivity index (χ4v) is 3.25. The smallest absolute Gasteiger partial charge is 0.409 e. The number of nitrogens with one attached hydrogen (secondary N) is 1. The fourth-order valence-electron chi connectivity index (χ4n) is 3.25. The molecule has 3 rings (SSSR count). The van der Waals surface area contributed by atoms with Crippen molar-refractivity contribution in [2.24, 2.45) is 0 Å². The van der Waals surface area contributed by atoms with Gasteiger partial charge in [-0.1, -0.05) is 12.1 Å². The van der Waals surface area contributed by atoms with Crippen LogP contribution in [0.3, 0.4) is 0 Å². The van der Waals surface area contributed by atoms with Crippen molar-refractivity contribution in [1.82, 2.24) is 9.80 Å². The van der Waals surface area contributed by atoms with Crippen LogP contribution >= 0.6 is 0 Å². The summed E-state index contributed by atoms with van der Waals surface area (Å²) in [6.45, 7) is 4.38. The molecule has 1 N–H and O–H groups in total. The van der Waals surface area contributed by atoms with Gasteiger partial charge in [0, 0.05) is 32.8 Å². The van der Waals surface area contributed by atoms with Gasteiger partial charge >= 0.3 is 6.09 Å². The molecule has 27 heavy (non-hydrogen) atoms. The monoisotopic (exact) mass is 375 g/mol. The molecule has 8 nitrogen and oxygen atoms in total. The minimum absolute atomic E-state index is 0.165. The lowest BCUT2D eigenvalue weighted by Gasteiger charge is -2.34. The molecule has 0 aromatic heterocycles. The minimum Gasteiger partial charge on any atom is -0.450 e. The largest absolute Gasteiger partial charge is 0.450 e. The Morgan fingerprint density at radius 2 is 1.85 bits per heavy atom. The first-order valence-electron chi connectivity index (χ1n) is 9.32. The Hall–Kier alpha value is -2.61. The third-order valence-electron chi connectivity index (χ3n) is 4.73. The van der Waals surface area contributed by atoms with E-state index < -0.39 is 6.10 Å². The highest BCUT2D eigenvalue weighted by molar-refractivity contribution is 6.04. The van der Waals surface area contributed by atoms with E-state index in [9.17, 15) is 14.4 Å². The number of hydrogen-bond donors (Lipinski definition) is 1. The van der Waals surface area contributed by atoms with Crippen LogP contribution < -0.4 is 5.32 Å². The van der Waals surface area contributed by atoms with Crippen molar-refractivity contribution in [3.05, 3.63) is 29.8 Å². The van der Waals surface area contributed by atoms with Gasteiger partial charge in [-0.2, -0.15) is 0 Å². The van der Waals surface area contributed by atoms with Gasteiger partial charge in [-0.3, -0.25) is 9.59 Å². The van der Waals surface area contributed by atoms with Crippen LogP contribution in [0.2, 0.25) is 0 Å². The first kappa shape index (κ1) is 19.2. The molecule has 0 spiro atoms. The highest BCUT2D eigenvalue weighted by Crippen LogP contribution is 2.21. The second-order valence-electron chi connectivity index (χ2n) is 6.51. The molecule has 2 saturated heterocycles. The van der Waals surface area contributed by atoms with Crippen molar-refractivity contribution in [2.45, 2.75) is 25.9 Å². The molecule has 8 heteroatoms. The summed E-state index contributed by atoms with van der Waals surface area (Å²) in [6, 6.07) is 6.96. The lowest BCUT2D eigenvalue weighted by molar-refractivity contribution is -0.124. The van der Waals surface area contributed by atoms with Crippen LogP contribution in [0.1, 0.15) is 30.1 Å².